The lowest BCUT2D eigenvalue weighted by molar-refractivity contribution is -0.126. The van der Waals surface area contributed by atoms with E-state index < -0.39 is 0 Å². The van der Waals surface area contributed by atoms with Gasteiger partial charge in [-0.25, -0.2) is 0 Å². The Balaban J connectivity index is 1.86. The maximum absolute atomic E-state index is 12.4. The van der Waals surface area contributed by atoms with E-state index in [1.54, 1.807) is 0 Å². The lowest BCUT2D eigenvalue weighted by Crippen LogP contribution is -2.58. The molecule has 1 amide bonds. The smallest absolute Gasteiger partial charge is 0.224 e. The van der Waals surface area contributed by atoms with Gasteiger partial charge in [-0.15, -0.1) is 0 Å². The predicted octanol–water partition coefficient (Wildman–Crippen LogP) is 1.49. The summed E-state index contributed by atoms with van der Waals surface area (Å²) in [4.78, 5) is 14.6. The Morgan fingerprint density at radius 3 is 2.47 bits per heavy atom. The van der Waals surface area contributed by atoms with Gasteiger partial charge in [0.15, 0.2) is 0 Å². The van der Waals surface area contributed by atoms with Crippen molar-refractivity contribution in [2.45, 2.75) is 62.9 Å². The molecule has 19 heavy (non-hydrogen) atoms. The minimum absolute atomic E-state index is 0.0294. The molecule has 0 aromatic carbocycles. The van der Waals surface area contributed by atoms with E-state index in [0.29, 0.717) is 0 Å². The largest absolute Gasteiger partial charge is 0.354 e. The zero-order valence-electron chi connectivity index (χ0n) is 12.5. The number of likely N-dealkylation sites (N-methyl/N-ethyl adjacent to an activating group) is 1. The van der Waals surface area contributed by atoms with Crippen LogP contribution in [0.1, 0.15) is 51.4 Å². The average Bonchev–Trinajstić information content (AvgIpc) is 2.51. The number of nitrogens with two attached hydrogens (primary N) is 1. The Bertz CT molecular complexity index is 313. The van der Waals surface area contributed by atoms with Gasteiger partial charge in [-0.3, -0.25) is 4.79 Å². The molecule has 0 aromatic heterocycles. The molecule has 0 aromatic rings. The highest BCUT2D eigenvalue weighted by Gasteiger charge is 2.39. The third-order valence-corrected chi connectivity index (χ3v) is 5.23. The third kappa shape index (κ3) is 3.29. The molecule has 2 rings (SSSR count). The normalized spacial score (nSPS) is 30.5. The van der Waals surface area contributed by atoms with Crippen LogP contribution in [0.5, 0.6) is 0 Å². The van der Waals surface area contributed by atoms with Gasteiger partial charge in [-0.05, 0) is 46.2 Å². The van der Waals surface area contributed by atoms with Crippen molar-refractivity contribution in [3.63, 3.8) is 0 Å². The Labute approximate surface area is 117 Å². The van der Waals surface area contributed by atoms with E-state index in [4.69, 9.17) is 5.73 Å². The molecule has 0 spiro atoms. The lowest BCUT2D eigenvalue weighted by atomic mass is 9.75. The highest BCUT2D eigenvalue weighted by molar-refractivity contribution is 5.79. The first kappa shape index (κ1) is 14.8. The first-order chi connectivity index (χ1) is 9.05. The van der Waals surface area contributed by atoms with Crippen LogP contribution < -0.4 is 11.1 Å². The standard InChI is InChI=1S/C15H29N3O/c1-18(2)15(9-6-10-15)11-17-14(19)12-7-4-3-5-8-13(12)16/h12-13H,3-11,16H2,1-2H3,(H,17,19). The number of nitrogens with zero attached hydrogens (tertiary/aromatic N) is 1. The SMILES string of the molecule is CN(C)C1(CNC(=O)C2CCCCCC2N)CCC1. The molecule has 2 aliphatic rings. The number of nitrogens with one attached hydrogen (secondary N) is 1. The number of amides is 1. The van der Waals surface area contributed by atoms with Crippen LogP contribution in [0.15, 0.2) is 0 Å². The fourth-order valence-corrected chi connectivity index (χ4v) is 3.41. The lowest BCUT2D eigenvalue weighted by Gasteiger charge is -2.47. The number of hydrogen-bond donors (Lipinski definition) is 2. The predicted molar refractivity (Wildman–Crippen MR) is 77.8 cm³/mol. The van der Waals surface area contributed by atoms with Gasteiger partial charge in [-0.1, -0.05) is 19.3 Å². The summed E-state index contributed by atoms with van der Waals surface area (Å²) in [6.07, 6.45) is 9.15. The number of carbonyl (C=O) groups excluding carboxylic acids is 1. The molecular weight excluding hydrogens is 238 g/mol. The second-order valence-corrected chi connectivity index (χ2v) is 6.60. The van der Waals surface area contributed by atoms with Gasteiger partial charge >= 0.3 is 0 Å². The van der Waals surface area contributed by atoms with Crippen molar-refractivity contribution in [2.75, 3.05) is 20.6 Å². The molecule has 3 N–H and O–H groups in total. The van der Waals surface area contributed by atoms with Crippen molar-refractivity contribution in [3.8, 4) is 0 Å². The topological polar surface area (TPSA) is 58.4 Å². The molecule has 0 aliphatic heterocycles. The van der Waals surface area contributed by atoms with Crippen molar-refractivity contribution < 1.29 is 4.79 Å². The fraction of sp³-hybridized carbons (Fsp3) is 0.933. The fourth-order valence-electron chi connectivity index (χ4n) is 3.41. The van der Waals surface area contributed by atoms with E-state index in [9.17, 15) is 4.79 Å². The summed E-state index contributed by atoms with van der Waals surface area (Å²) in [5.74, 6) is 0.212. The van der Waals surface area contributed by atoms with Gasteiger partial charge in [0.05, 0.1) is 5.92 Å². The zero-order valence-corrected chi connectivity index (χ0v) is 12.5. The number of rotatable bonds is 4. The minimum atomic E-state index is 0.0294. The summed E-state index contributed by atoms with van der Waals surface area (Å²) < 4.78 is 0. The Morgan fingerprint density at radius 2 is 1.89 bits per heavy atom. The highest BCUT2D eigenvalue weighted by Crippen LogP contribution is 2.35. The van der Waals surface area contributed by atoms with E-state index in [2.05, 4.69) is 24.3 Å². The Hall–Kier alpha value is -0.610. The highest BCUT2D eigenvalue weighted by atomic mass is 16.1. The van der Waals surface area contributed by atoms with Crippen molar-refractivity contribution >= 4 is 5.91 Å². The molecule has 4 heteroatoms. The summed E-state index contributed by atoms with van der Waals surface area (Å²) >= 11 is 0. The first-order valence-corrected chi connectivity index (χ1v) is 7.76. The molecule has 0 saturated heterocycles. The second-order valence-electron chi connectivity index (χ2n) is 6.60. The van der Waals surface area contributed by atoms with Crippen LogP contribution in [0.25, 0.3) is 0 Å². The van der Waals surface area contributed by atoms with E-state index >= 15 is 0 Å². The van der Waals surface area contributed by atoms with Crippen molar-refractivity contribution in [3.05, 3.63) is 0 Å². The maximum Gasteiger partial charge on any atom is 0.224 e. The molecule has 0 radical (unpaired) electrons. The Morgan fingerprint density at radius 1 is 1.21 bits per heavy atom. The average molecular weight is 267 g/mol. The van der Waals surface area contributed by atoms with Crippen LogP contribution in [0.3, 0.4) is 0 Å². The quantitative estimate of drug-likeness (QED) is 0.759. The summed E-state index contributed by atoms with van der Waals surface area (Å²) in [6, 6.07) is 0.0548. The first-order valence-electron chi connectivity index (χ1n) is 7.76. The van der Waals surface area contributed by atoms with Crippen molar-refractivity contribution in [1.29, 1.82) is 0 Å². The monoisotopic (exact) mass is 267 g/mol. The summed E-state index contributed by atoms with van der Waals surface area (Å²) in [6.45, 7) is 0.780. The van der Waals surface area contributed by atoms with Crippen molar-refractivity contribution in [1.82, 2.24) is 10.2 Å². The number of carbonyl (C=O) groups is 1. The Kier molecular flexibility index (Phi) is 4.85. The minimum Gasteiger partial charge on any atom is -0.354 e. The van der Waals surface area contributed by atoms with Gasteiger partial charge < -0.3 is 16.0 Å². The van der Waals surface area contributed by atoms with Gasteiger partial charge in [-0.2, -0.15) is 0 Å². The van der Waals surface area contributed by atoms with E-state index in [-0.39, 0.29) is 23.4 Å². The van der Waals surface area contributed by atoms with Crippen LogP contribution >= 0.6 is 0 Å². The van der Waals surface area contributed by atoms with E-state index in [1.165, 1.54) is 32.1 Å². The van der Waals surface area contributed by atoms with E-state index in [0.717, 1.165) is 25.8 Å². The van der Waals surface area contributed by atoms with Gasteiger partial charge in [0, 0.05) is 18.1 Å². The van der Waals surface area contributed by atoms with Crippen molar-refractivity contribution in [2.24, 2.45) is 11.7 Å². The summed E-state index contributed by atoms with van der Waals surface area (Å²) in [5, 5.41) is 3.17. The maximum atomic E-state index is 12.4. The zero-order chi connectivity index (χ0) is 13.9. The molecule has 0 heterocycles. The molecule has 0 bridgehead atoms. The van der Waals surface area contributed by atoms with Gasteiger partial charge in [0.1, 0.15) is 0 Å². The van der Waals surface area contributed by atoms with Crippen LogP contribution in [0.2, 0.25) is 0 Å². The third-order valence-electron chi connectivity index (χ3n) is 5.23. The van der Waals surface area contributed by atoms with Crippen LogP contribution in [-0.4, -0.2) is 43.0 Å². The summed E-state index contributed by atoms with van der Waals surface area (Å²) in [7, 11) is 4.23. The second kappa shape index (κ2) is 6.23. The van der Waals surface area contributed by atoms with Crippen LogP contribution in [0, 0.1) is 5.92 Å². The van der Waals surface area contributed by atoms with Crippen LogP contribution in [0.4, 0.5) is 0 Å². The number of hydrogen-bond acceptors (Lipinski definition) is 3. The molecule has 110 valence electrons. The molecule has 2 atom stereocenters. The summed E-state index contributed by atoms with van der Waals surface area (Å²) in [5.41, 5.74) is 6.35. The molecule has 2 unspecified atom stereocenters. The molecule has 2 aliphatic carbocycles. The molecule has 4 nitrogen and oxygen atoms in total. The van der Waals surface area contributed by atoms with Gasteiger partial charge in [0.25, 0.3) is 0 Å². The van der Waals surface area contributed by atoms with E-state index in [1.807, 2.05) is 0 Å². The molecule has 2 fully saturated rings. The van der Waals surface area contributed by atoms with Gasteiger partial charge in [0.2, 0.25) is 5.91 Å². The van der Waals surface area contributed by atoms with Crippen LogP contribution in [-0.2, 0) is 4.79 Å². The molecular formula is C15H29N3O. The molecule has 2 saturated carbocycles.